The Morgan fingerprint density at radius 1 is 1.04 bits per heavy atom. The van der Waals surface area contributed by atoms with Crippen LogP contribution in [0.5, 0.6) is 5.75 Å². The minimum absolute atomic E-state index is 0.0211. The lowest BCUT2D eigenvalue weighted by Gasteiger charge is -2.36. The number of amides is 1. The summed E-state index contributed by atoms with van der Waals surface area (Å²) in [6.45, 7) is 9.81. The van der Waals surface area contributed by atoms with Crippen molar-refractivity contribution in [1.82, 2.24) is 10.2 Å². The highest BCUT2D eigenvalue weighted by Crippen LogP contribution is 2.28. The number of para-hydroxylation sites is 2. The minimum atomic E-state index is 0.0211. The van der Waals surface area contributed by atoms with Crippen molar-refractivity contribution < 1.29 is 9.53 Å². The molecule has 0 saturated carbocycles. The molecule has 2 aromatic rings. The number of carbonyl (C=O) groups excluding carboxylic acids is 1. The number of benzene rings is 2. The first-order chi connectivity index (χ1) is 13.6. The topological polar surface area (TPSA) is 44.8 Å². The third-order valence-electron chi connectivity index (χ3n) is 5.22. The summed E-state index contributed by atoms with van der Waals surface area (Å²) in [5.41, 5.74) is 4.17. The molecule has 1 N–H and O–H groups in total. The molecule has 1 amide bonds. The summed E-state index contributed by atoms with van der Waals surface area (Å²) in [6, 6.07) is 14.2. The average molecular weight is 382 g/mol. The van der Waals surface area contributed by atoms with Gasteiger partial charge in [0.15, 0.2) is 0 Å². The third kappa shape index (κ3) is 5.26. The lowest BCUT2D eigenvalue weighted by Crippen LogP contribution is -2.47. The van der Waals surface area contributed by atoms with E-state index in [4.69, 9.17) is 4.74 Å². The van der Waals surface area contributed by atoms with Crippen molar-refractivity contribution in [1.29, 1.82) is 0 Å². The molecule has 1 aliphatic rings. The molecule has 0 aliphatic carbocycles. The van der Waals surface area contributed by atoms with Crippen LogP contribution in [0.25, 0.3) is 0 Å². The van der Waals surface area contributed by atoms with Gasteiger partial charge in [-0.1, -0.05) is 29.3 Å². The summed E-state index contributed by atoms with van der Waals surface area (Å²) in [4.78, 5) is 17.2. The van der Waals surface area contributed by atoms with E-state index in [-0.39, 0.29) is 5.91 Å². The largest absolute Gasteiger partial charge is 0.495 e. The van der Waals surface area contributed by atoms with E-state index in [9.17, 15) is 4.79 Å². The maximum Gasteiger partial charge on any atom is 0.251 e. The van der Waals surface area contributed by atoms with Gasteiger partial charge in [-0.15, -0.1) is 0 Å². The van der Waals surface area contributed by atoms with Crippen LogP contribution in [0.3, 0.4) is 0 Å². The SMILES string of the molecule is COc1ccccc1N1CCN(CCCNC(=O)c2cc(C)cc(C)c2)CC1. The molecule has 5 heteroatoms. The van der Waals surface area contributed by atoms with E-state index in [0.717, 1.165) is 61.6 Å². The summed E-state index contributed by atoms with van der Waals surface area (Å²) in [5, 5.41) is 3.05. The first-order valence-electron chi connectivity index (χ1n) is 10.0. The number of rotatable bonds is 7. The molecule has 3 rings (SSSR count). The first-order valence-corrected chi connectivity index (χ1v) is 10.0. The fraction of sp³-hybridized carbons (Fsp3) is 0.435. The van der Waals surface area contributed by atoms with Crippen LogP contribution in [0.2, 0.25) is 0 Å². The monoisotopic (exact) mass is 381 g/mol. The van der Waals surface area contributed by atoms with E-state index in [1.807, 2.05) is 38.1 Å². The van der Waals surface area contributed by atoms with Crippen molar-refractivity contribution in [3.63, 3.8) is 0 Å². The highest BCUT2D eigenvalue weighted by atomic mass is 16.5. The van der Waals surface area contributed by atoms with Gasteiger partial charge >= 0.3 is 0 Å². The molecule has 1 aliphatic heterocycles. The normalized spacial score (nSPS) is 14.8. The van der Waals surface area contributed by atoms with Crippen molar-refractivity contribution in [2.45, 2.75) is 20.3 Å². The predicted molar refractivity (Wildman–Crippen MR) is 115 cm³/mol. The molecule has 0 bridgehead atoms. The van der Waals surface area contributed by atoms with E-state index < -0.39 is 0 Å². The zero-order valence-electron chi connectivity index (χ0n) is 17.2. The second-order valence-corrected chi connectivity index (χ2v) is 7.49. The number of hydrogen-bond acceptors (Lipinski definition) is 4. The van der Waals surface area contributed by atoms with Crippen LogP contribution < -0.4 is 15.0 Å². The van der Waals surface area contributed by atoms with Gasteiger partial charge in [0.1, 0.15) is 5.75 Å². The summed E-state index contributed by atoms with van der Waals surface area (Å²) < 4.78 is 5.48. The summed E-state index contributed by atoms with van der Waals surface area (Å²) in [5.74, 6) is 0.956. The number of hydrogen-bond donors (Lipinski definition) is 1. The maximum absolute atomic E-state index is 12.3. The summed E-state index contributed by atoms with van der Waals surface area (Å²) in [6.07, 6.45) is 0.963. The van der Waals surface area contributed by atoms with Crippen LogP contribution in [-0.4, -0.2) is 57.2 Å². The van der Waals surface area contributed by atoms with Gasteiger partial charge in [0, 0.05) is 38.3 Å². The molecule has 1 fully saturated rings. The van der Waals surface area contributed by atoms with Crippen LogP contribution in [0, 0.1) is 13.8 Å². The zero-order chi connectivity index (χ0) is 19.9. The smallest absolute Gasteiger partial charge is 0.251 e. The molecular weight excluding hydrogens is 350 g/mol. The van der Waals surface area contributed by atoms with Crippen LogP contribution in [0.15, 0.2) is 42.5 Å². The number of ether oxygens (including phenoxy) is 1. The molecule has 150 valence electrons. The molecule has 0 atom stereocenters. The highest BCUT2D eigenvalue weighted by molar-refractivity contribution is 5.94. The minimum Gasteiger partial charge on any atom is -0.495 e. The zero-order valence-corrected chi connectivity index (χ0v) is 17.2. The van der Waals surface area contributed by atoms with Gasteiger partial charge in [0.2, 0.25) is 0 Å². The van der Waals surface area contributed by atoms with E-state index in [1.54, 1.807) is 7.11 Å². The van der Waals surface area contributed by atoms with Crippen LogP contribution in [0.1, 0.15) is 27.9 Å². The van der Waals surface area contributed by atoms with Crippen molar-refractivity contribution in [3.05, 3.63) is 59.2 Å². The molecule has 1 saturated heterocycles. The molecule has 0 radical (unpaired) electrons. The van der Waals surface area contributed by atoms with Gasteiger partial charge in [-0.05, 0) is 51.1 Å². The van der Waals surface area contributed by atoms with Crippen LogP contribution >= 0.6 is 0 Å². The molecule has 28 heavy (non-hydrogen) atoms. The molecule has 1 heterocycles. The van der Waals surface area contributed by atoms with Crippen molar-refractivity contribution in [2.75, 3.05) is 51.3 Å². The van der Waals surface area contributed by atoms with Gasteiger partial charge in [-0.25, -0.2) is 0 Å². The third-order valence-corrected chi connectivity index (χ3v) is 5.22. The van der Waals surface area contributed by atoms with E-state index in [1.165, 1.54) is 5.69 Å². The lowest BCUT2D eigenvalue weighted by molar-refractivity contribution is 0.0951. The highest BCUT2D eigenvalue weighted by Gasteiger charge is 2.19. The Kier molecular flexibility index (Phi) is 6.93. The number of nitrogens with one attached hydrogen (secondary N) is 1. The molecule has 2 aromatic carbocycles. The number of methoxy groups -OCH3 is 1. The van der Waals surface area contributed by atoms with Crippen molar-refractivity contribution in [3.8, 4) is 5.75 Å². The van der Waals surface area contributed by atoms with Gasteiger partial charge in [0.25, 0.3) is 5.91 Å². The fourth-order valence-electron chi connectivity index (χ4n) is 3.82. The Labute approximate surface area is 168 Å². The molecular formula is C23H31N3O2. The number of carbonyl (C=O) groups is 1. The Morgan fingerprint density at radius 2 is 1.71 bits per heavy atom. The number of aryl methyl sites for hydroxylation is 2. The van der Waals surface area contributed by atoms with Gasteiger partial charge in [0.05, 0.1) is 12.8 Å². The van der Waals surface area contributed by atoms with Gasteiger partial charge in [-0.2, -0.15) is 0 Å². The Morgan fingerprint density at radius 3 is 2.39 bits per heavy atom. The van der Waals surface area contributed by atoms with E-state index >= 15 is 0 Å². The standard InChI is InChI=1S/C23H31N3O2/c1-18-15-19(2)17-20(16-18)23(27)24-9-6-10-25-11-13-26(14-12-25)21-7-4-5-8-22(21)28-3/h4-5,7-8,15-17H,6,9-14H2,1-3H3,(H,24,27). The summed E-state index contributed by atoms with van der Waals surface area (Å²) in [7, 11) is 1.72. The van der Waals surface area contributed by atoms with Crippen molar-refractivity contribution >= 4 is 11.6 Å². The molecule has 5 nitrogen and oxygen atoms in total. The molecule has 0 spiro atoms. The van der Waals surface area contributed by atoms with Gasteiger partial charge < -0.3 is 15.0 Å². The number of anilines is 1. The maximum atomic E-state index is 12.3. The quantitative estimate of drug-likeness (QED) is 0.748. The average Bonchev–Trinajstić information content (AvgIpc) is 2.70. The Balaban J connectivity index is 1.39. The van der Waals surface area contributed by atoms with Gasteiger partial charge in [-0.3, -0.25) is 9.69 Å². The number of piperazine rings is 1. The van der Waals surface area contributed by atoms with E-state index in [0.29, 0.717) is 6.54 Å². The second kappa shape index (κ2) is 9.60. The molecule has 0 unspecified atom stereocenters. The van der Waals surface area contributed by atoms with Crippen LogP contribution in [0.4, 0.5) is 5.69 Å². The van der Waals surface area contributed by atoms with Crippen molar-refractivity contribution in [2.24, 2.45) is 0 Å². The number of nitrogens with zero attached hydrogens (tertiary/aromatic N) is 2. The first kappa shape index (κ1) is 20.2. The summed E-state index contributed by atoms with van der Waals surface area (Å²) >= 11 is 0. The van der Waals surface area contributed by atoms with Crippen LogP contribution in [-0.2, 0) is 0 Å². The Hall–Kier alpha value is -2.53. The lowest BCUT2D eigenvalue weighted by atomic mass is 10.1. The second-order valence-electron chi connectivity index (χ2n) is 7.49. The predicted octanol–water partition coefficient (Wildman–Crippen LogP) is 3.25. The Bertz CT molecular complexity index is 778. The fourth-order valence-corrected chi connectivity index (χ4v) is 3.82. The molecule has 0 aromatic heterocycles. The van der Waals surface area contributed by atoms with E-state index in [2.05, 4.69) is 33.3 Å².